The number of aromatic nitrogens is 2. The number of rotatable bonds is 5. The molecule has 94 valence electrons. The van der Waals surface area contributed by atoms with E-state index >= 15 is 0 Å². The van der Waals surface area contributed by atoms with Crippen LogP contribution >= 0.6 is 0 Å². The fraction of sp³-hybridized carbons (Fsp3) is 0.231. The fourth-order valence-electron chi connectivity index (χ4n) is 1.64. The van der Waals surface area contributed by atoms with Crippen LogP contribution in [0.25, 0.3) is 0 Å². The molecule has 1 aromatic heterocycles. The third kappa shape index (κ3) is 3.43. The van der Waals surface area contributed by atoms with E-state index in [4.69, 9.17) is 0 Å². The van der Waals surface area contributed by atoms with Crippen molar-refractivity contribution in [2.75, 3.05) is 18.9 Å². The molecule has 0 unspecified atom stereocenters. The first-order chi connectivity index (χ1) is 8.78. The zero-order valence-corrected chi connectivity index (χ0v) is 10.3. The van der Waals surface area contributed by atoms with Gasteiger partial charge in [-0.2, -0.15) is 5.10 Å². The first-order valence-electron chi connectivity index (χ1n) is 5.79. The van der Waals surface area contributed by atoms with Gasteiger partial charge in [0.05, 0.1) is 13.1 Å². The Morgan fingerprint density at radius 3 is 2.72 bits per heavy atom. The summed E-state index contributed by atoms with van der Waals surface area (Å²) >= 11 is 0. The standard InChI is InChI=1S/C13H16N4O/c1-14-9-13(18)16-12-5-3-11(4-6-12)10-17-8-2-7-15-17/h2-8,14H,9-10H2,1H3,(H,16,18). The molecule has 18 heavy (non-hydrogen) atoms. The molecule has 2 rings (SSSR count). The van der Waals surface area contributed by atoms with Crippen LogP contribution in [0.1, 0.15) is 5.56 Å². The van der Waals surface area contributed by atoms with Crippen molar-refractivity contribution in [2.24, 2.45) is 0 Å². The highest BCUT2D eigenvalue weighted by atomic mass is 16.1. The Morgan fingerprint density at radius 2 is 2.11 bits per heavy atom. The lowest BCUT2D eigenvalue weighted by Gasteiger charge is -2.06. The topological polar surface area (TPSA) is 59.0 Å². The molecule has 5 nitrogen and oxygen atoms in total. The van der Waals surface area contributed by atoms with Gasteiger partial charge in [-0.05, 0) is 30.8 Å². The van der Waals surface area contributed by atoms with Crippen molar-refractivity contribution in [1.29, 1.82) is 0 Å². The van der Waals surface area contributed by atoms with E-state index in [-0.39, 0.29) is 5.91 Å². The Morgan fingerprint density at radius 1 is 1.33 bits per heavy atom. The summed E-state index contributed by atoms with van der Waals surface area (Å²) in [5, 5.41) is 9.76. The van der Waals surface area contributed by atoms with E-state index < -0.39 is 0 Å². The number of amides is 1. The van der Waals surface area contributed by atoms with Crippen molar-refractivity contribution in [1.82, 2.24) is 15.1 Å². The van der Waals surface area contributed by atoms with Crippen LogP contribution in [0.5, 0.6) is 0 Å². The van der Waals surface area contributed by atoms with E-state index in [1.807, 2.05) is 41.2 Å². The van der Waals surface area contributed by atoms with E-state index in [9.17, 15) is 4.79 Å². The molecule has 2 aromatic rings. The highest BCUT2D eigenvalue weighted by molar-refractivity contribution is 5.92. The minimum Gasteiger partial charge on any atom is -0.325 e. The molecule has 0 atom stereocenters. The van der Waals surface area contributed by atoms with Crippen LogP contribution < -0.4 is 10.6 Å². The maximum atomic E-state index is 11.4. The Labute approximate surface area is 106 Å². The number of carbonyl (C=O) groups is 1. The number of likely N-dealkylation sites (N-methyl/N-ethyl adjacent to an activating group) is 1. The molecule has 5 heteroatoms. The molecule has 0 spiro atoms. The van der Waals surface area contributed by atoms with Gasteiger partial charge in [-0.3, -0.25) is 9.48 Å². The number of hydrogen-bond acceptors (Lipinski definition) is 3. The molecule has 1 aromatic carbocycles. The van der Waals surface area contributed by atoms with Crippen molar-refractivity contribution < 1.29 is 4.79 Å². The molecule has 0 aliphatic carbocycles. The van der Waals surface area contributed by atoms with E-state index in [0.717, 1.165) is 17.8 Å². The first kappa shape index (κ1) is 12.3. The lowest BCUT2D eigenvalue weighted by molar-refractivity contribution is -0.115. The summed E-state index contributed by atoms with van der Waals surface area (Å²) in [6.07, 6.45) is 3.68. The van der Waals surface area contributed by atoms with Gasteiger partial charge in [0.1, 0.15) is 0 Å². The summed E-state index contributed by atoms with van der Waals surface area (Å²) in [6, 6.07) is 9.65. The molecule has 1 heterocycles. The van der Waals surface area contributed by atoms with Gasteiger partial charge in [0.15, 0.2) is 0 Å². The van der Waals surface area contributed by atoms with E-state index in [1.165, 1.54) is 0 Å². The molecule has 0 fully saturated rings. The number of hydrogen-bond donors (Lipinski definition) is 2. The summed E-state index contributed by atoms with van der Waals surface area (Å²) in [6.45, 7) is 1.05. The number of nitrogens with one attached hydrogen (secondary N) is 2. The highest BCUT2D eigenvalue weighted by Crippen LogP contribution is 2.10. The molecule has 0 radical (unpaired) electrons. The van der Waals surface area contributed by atoms with Crippen LogP contribution in [0.2, 0.25) is 0 Å². The summed E-state index contributed by atoms with van der Waals surface area (Å²) in [7, 11) is 1.74. The SMILES string of the molecule is CNCC(=O)Nc1ccc(Cn2cccn2)cc1. The molecule has 1 amide bonds. The fourth-order valence-corrected chi connectivity index (χ4v) is 1.64. The number of anilines is 1. The molecular weight excluding hydrogens is 228 g/mol. The maximum absolute atomic E-state index is 11.4. The second-order valence-corrected chi connectivity index (χ2v) is 3.98. The molecule has 2 N–H and O–H groups in total. The van der Waals surface area contributed by atoms with Crippen molar-refractivity contribution in [3.63, 3.8) is 0 Å². The third-order valence-electron chi connectivity index (χ3n) is 2.48. The minimum absolute atomic E-state index is 0.0441. The normalized spacial score (nSPS) is 10.3. The Bertz CT molecular complexity index is 490. The Balaban J connectivity index is 1.95. The van der Waals surface area contributed by atoms with Crippen LogP contribution in [-0.2, 0) is 11.3 Å². The summed E-state index contributed by atoms with van der Waals surface area (Å²) in [5.74, 6) is -0.0441. The summed E-state index contributed by atoms with van der Waals surface area (Å²) < 4.78 is 1.86. The van der Waals surface area contributed by atoms with Crippen LogP contribution in [0.4, 0.5) is 5.69 Å². The number of benzene rings is 1. The molecular formula is C13H16N4O. The van der Waals surface area contributed by atoms with Crippen LogP contribution in [0.15, 0.2) is 42.7 Å². The maximum Gasteiger partial charge on any atom is 0.238 e. The van der Waals surface area contributed by atoms with E-state index in [2.05, 4.69) is 15.7 Å². The van der Waals surface area contributed by atoms with Gasteiger partial charge in [0, 0.05) is 18.1 Å². The van der Waals surface area contributed by atoms with Gasteiger partial charge in [-0.25, -0.2) is 0 Å². The van der Waals surface area contributed by atoms with E-state index in [0.29, 0.717) is 6.54 Å². The molecule has 0 aliphatic heterocycles. The minimum atomic E-state index is -0.0441. The van der Waals surface area contributed by atoms with E-state index in [1.54, 1.807) is 13.2 Å². The summed E-state index contributed by atoms with van der Waals surface area (Å²) in [5.41, 5.74) is 1.95. The zero-order valence-electron chi connectivity index (χ0n) is 10.3. The van der Waals surface area contributed by atoms with Crippen LogP contribution in [0.3, 0.4) is 0 Å². The van der Waals surface area contributed by atoms with Gasteiger partial charge < -0.3 is 10.6 Å². The van der Waals surface area contributed by atoms with Crippen molar-refractivity contribution in [3.8, 4) is 0 Å². The lowest BCUT2D eigenvalue weighted by atomic mass is 10.2. The Kier molecular flexibility index (Phi) is 4.09. The quantitative estimate of drug-likeness (QED) is 0.827. The monoisotopic (exact) mass is 244 g/mol. The average Bonchev–Trinajstić information content (AvgIpc) is 2.85. The van der Waals surface area contributed by atoms with Crippen molar-refractivity contribution in [2.45, 2.75) is 6.54 Å². The predicted molar refractivity (Wildman–Crippen MR) is 70.3 cm³/mol. The lowest BCUT2D eigenvalue weighted by Crippen LogP contribution is -2.24. The summed E-state index contributed by atoms with van der Waals surface area (Å²) in [4.78, 5) is 11.4. The number of nitrogens with zero attached hydrogens (tertiary/aromatic N) is 2. The van der Waals surface area contributed by atoms with Gasteiger partial charge in [0.2, 0.25) is 5.91 Å². The predicted octanol–water partition coefficient (Wildman–Crippen LogP) is 1.09. The largest absolute Gasteiger partial charge is 0.325 e. The first-order valence-corrected chi connectivity index (χ1v) is 5.79. The highest BCUT2D eigenvalue weighted by Gasteiger charge is 2.00. The van der Waals surface area contributed by atoms with Crippen LogP contribution in [-0.4, -0.2) is 29.3 Å². The molecule has 0 bridgehead atoms. The molecule has 0 saturated carbocycles. The Hall–Kier alpha value is -2.14. The second-order valence-electron chi connectivity index (χ2n) is 3.98. The van der Waals surface area contributed by atoms with Crippen molar-refractivity contribution >= 4 is 11.6 Å². The third-order valence-corrected chi connectivity index (χ3v) is 2.48. The van der Waals surface area contributed by atoms with Gasteiger partial charge in [-0.15, -0.1) is 0 Å². The molecule has 0 aliphatic rings. The van der Waals surface area contributed by atoms with Gasteiger partial charge in [0.25, 0.3) is 0 Å². The molecule has 0 saturated heterocycles. The second kappa shape index (κ2) is 5.97. The van der Waals surface area contributed by atoms with Crippen LogP contribution in [0, 0.1) is 0 Å². The van der Waals surface area contributed by atoms with Crippen molar-refractivity contribution in [3.05, 3.63) is 48.3 Å². The zero-order chi connectivity index (χ0) is 12.8. The van der Waals surface area contributed by atoms with Gasteiger partial charge >= 0.3 is 0 Å². The number of carbonyl (C=O) groups excluding carboxylic acids is 1. The average molecular weight is 244 g/mol. The smallest absolute Gasteiger partial charge is 0.238 e. The van der Waals surface area contributed by atoms with Gasteiger partial charge in [-0.1, -0.05) is 12.1 Å².